The van der Waals surface area contributed by atoms with Crippen LogP contribution in [0.3, 0.4) is 0 Å². The Morgan fingerprint density at radius 3 is 2.28 bits per heavy atom. The van der Waals surface area contributed by atoms with Gasteiger partial charge < -0.3 is 29.7 Å². The summed E-state index contributed by atoms with van der Waals surface area (Å²) in [6.07, 6.45) is 5.83. The number of unbranched alkanes of at least 4 members (excludes halogenated alkanes) is 3. The zero-order chi connectivity index (χ0) is 25.6. The van der Waals surface area contributed by atoms with Gasteiger partial charge in [0, 0.05) is 12.1 Å². The normalized spacial score (nSPS) is 10.8. The molecule has 2 aromatic rings. The fourth-order valence-electron chi connectivity index (χ4n) is 4.03. The molecule has 0 aliphatic heterocycles. The van der Waals surface area contributed by atoms with Gasteiger partial charge in [0.1, 0.15) is 23.7 Å². The number of esters is 1. The number of hydrogen-bond acceptors (Lipinski definition) is 7. The molecule has 2 rings (SSSR count). The van der Waals surface area contributed by atoms with Crippen LogP contribution in [0.4, 0.5) is 0 Å². The molecule has 7 nitrogen and oxygen atoms in total. The number of rotatable bonds is 16. The highest BCUT2D eigenvalue weighted by atomic mass is 35.5. The van der Waals surface area contributed by atoms with Crippen molar-refractivity contribution in [2.24, 2.45) is 0 Å². The quantitative estimate of drug-likeness (QED) is 0.144. The lowest BCUT2D eigenvalue weighted by molar-refractivity contribution is 0.0463. The number of phenolic OH excluding ortho intramolecular Hbond substituents is 3. The van der Waals surface area contributed by atoms with E-state index in [0.29, 0.717) is 37.3 Å². The maximum atomic E-state index is 12.5. The van der Waals surface area contributed by atoms with Crippen molar-refractivity contribution in [1.29, 1.82) is 0 Å². The minimum Gasteiger partial charge on any atom is -0.507 e. The van der Waals surface area contributed by atoms with Crippen molar-refractivity contribution >= 4 is 18.4 Å². The zero-order valence-electron chi connectivity index (χ0n) is 21.8. The Bertz CT molecular complexity index is 932. The lowest BCUT2D eigenvalue weighted by Gasteiger charge is -2.18. The number of halogens is 1. The van der Waals surface area contributed by atoms with Gasteiger partial charge in [-0.05, 0) is 62.5 Å². The SMILES string of the molecule is CCCc1c(OCCCCCCc2cccc(O)c2O)ccc(C(=O)OCCN(CC)CC)c1O.Cl. The second kappa shape index (κ2) is 16.9. The van der Waals surface area contributed by atoms with Crippen molar-refractivity contribution in [3.05, 3.63) is 47.0 Å². The van der Waals surface area contributed by atoms with Gasteiger partial charge in [0.15, 0.2) is 11.5 Å². The van der Waals surface area contributed by atoms with Crippen LogP contribution in [0.1, 0.15) is 74.4 Å². The van der Waals surface area contributed by atoms with Crippen LogP contribution >= 0.6 is 12.4 Å². The number of benzene rings is 2. The maximum Gasteiger partial charge on any atom is 0.341 e. The first-order valence-electron chi connectivity index (χ1n) is 12.8. The minimum absolute atomic E-state index is 0. The third kappa shape index (κ3) is 9.43. The first-order valence-corrected chi connectivity index (χ1v) is 12.8. The van der Waals surface area contributed by atoms with Gasteiger partial charge in [0.2, 0.25) is 0 Å². The van der Waals surface area contributed by atoms with E-state index < -0.39 is 5.97 Å². The molecule has 8 heteroatoms. The smallest absolute Gasteiger partial charge is 0.341 e. The van der Waals surface area contributed by atoms with Crippen LogP contribution in [0.25, 0.3) is 0 Å². The Morgan fingerprint density at radius 1 is 0.861 bits per heavy atom. The van der Waals surface area contributed by atoms with E-state index in [9.17, 15) is 20.1 Å². The average molecular weight is 524 g/mol. The monoisotopic (exact) mass is 523 g/mol. The first-order chi connectivity index (χ1) is 16.9. The number of para-hydroxylation sites is 1. The third-order valence-corrected chi connectivity index (χ3v) is 6.19. The van der Waals surface area contributed by atoms with Crippen LogP contribution in [0.15, 0.2) is 30.3 Å². The summed E-state index contributed by atoms with van der Waals surface area (Å²) in [4.78, 5) is 14.7. The van der Waals surface area contributed by atoms with Gasteiger partial charge in [-0.1, -0.05) is 52.2 Å². The van der Waals surface area contributed by atoms with E-state index in [-0.39, 0.29) is 41.8 Å². The highest BCUT2D eigenvalue weighted by molar-refractivity contribution is 5.93. The number of hydrogen-bond donors (Lipinski definition) is 3. The Balaban J connectivity index is 0.00000648. The van der Waals surface area contributed by atoms with Crippen LogP contribution < -0.4 is 4.74 Å². The number of nitrogens with zero attached hydrogens (tertiary/aromatic N) is 1. The predicted molar refractivity (Wildman–Crippen MR) is 145 cm³/mol. The molecule has 0 saturated carbocycles. The van der Waals surface area contributed by atoms with E-state index in [4.69, 9.17) is 9.47 Å². The standard InChI is InChI=1S/C28H41NO6.ClH/c1-4-12-22-25(17-16-23(27(22)32)28(33)35-20-18-29(5-2)6-3)34-19-10-8-7-9-13-21-14-11-15-24(30)26(21)31;/h11,14-17,30-32H,4-10,12-13,18-20H2,1-3H3;1H. The van der Waals surface area contributed by atoms with E-state index in [1.807, 2.05) is 13.0 Å². The van der Waals surface area contributed by atoms with Gasteiger partial charge in [0.05, 0.1) is 6.61 Å². The molecule has 0 heterocycles. The van der Waals surface area contributed by atoms with Crippen LogP contribution in [-0.2, 0) is 17.6 Å². The summed E-state index contributed by atoms with van der Waals surface area (Å²) in [5.74, 6) is -0.0792. The van der Waals surface area contributed by atoms with Crippen molar-refractivity contribution in [3.8, 4) is 23.0 Å². The van der Waals surface area contributed by atoms with Crippen molar-refractivity contribution in [2.75, 3.05) is 32.8 Å². The Hall–Kier alpha value is -2.64. The number of aryl methyl sites for hydroxylation is 1. The van der Waals surface area contributed by atoms with Crippen molar-refractivity contribution in [1.82, 2.24) is 4.90 Å². The number of ether oxygens (including phenoxy) is 2. The minimum atomic E-state index is -0.517. The molecule has 0 amide bonds. The van der Waals surface area contributed by atoms with E-state index >= 15 is 0 Å². The topological polar surface area (TPSA) is 99.5 Å². The highest BCUT2D eigenvalue weighted by Gasteiger charge is 2.19. The first kappa shape index (κ1) is 31.4. The molecule has 0 aliphatic rings. The van der Waals surface area contributed by atoms with Gasteiger partial charge in [-0.2, -0.15) is 0 Å². The molecule has 0 aliphatic carbocycles. The third-order valence-electron chi connectivity index (χ3n) is 6.19. The molecular weight excluding hydrogens is 482 g/mol. The zero-order valence-corrected chi connectivity index (χ0v) is 22.6. The molecule has 0 atom stereocenters. The Labute approximate surface area is 221 Å². The van der Waals surface area contributed by atoms with Crippen LogP contribution in [-0.4, -0.2) is 59.0 Å². The summed E-state index contributed by atoms with van der Waals surface area (Å²) < 4.78 is 11.3. The van der Waals surface area contributed by atoms with E-state index in [1.165, 1.54) is 6.07 Å². The molecule has 3 N–H and O–H groups in total. The summed E-state index contributed by atoms with van der Waals surface area (Å²) in [6, 6.07) is 8.36. The largest absolute Gasteiger partial charge is 0.507 e. The molecule has 0 aromatic heterocycles. The second-order valence-electron chi connectivity index (χ2n) is 8.65. The molecule has 0 bridgehead atoms. The lowest BCUT2D eigenvalue weighted by atomic mass is 10.0. The van der Waals surface area contributed by atoms with Gasteiger partial charge in [-0.3, -0.25) is 0 Å². The van der Waals surface area contributed by atoms with Crippen LogP contribution in [0.2, 0.25) is 0 Å². The fourth-order valence-corrected chi connectivity index (χ4v) is 4.03. The Kier molecular flexibility index (Phi) is 14.8. The van der Waals surface area contributed by atoms with E-state index in [1.54, 1.807) is 18.2 Å². The van der Waals surface area contributed by atoms with Gasteiger partial charge in [-0.15, -0.1) is 12.4 Å². The summed E-state index contributed by atoms with van der Waals surface area (Å²) in [5, 5.41) is 30.2. The summed E-state index contributed by atoms with van der Waals surface area (Å²) >= 11 is 0. The summed E-state index contributed by atoms with van der Waals surface area (Å²) in [6.45, 7) is 9.40. The molecule has 202 valence electrons. The Morgan fingerprint density at radius 2 is 1.58 bits per heavy atom. The molecule has 0 fully saturated rings. The summed E-state index contributed by atoms with van der Waals surface area (Å²) in [7, 11) is 0. The molecule has 0 radical (unpaired) electrons. The highest BCUT2D eigenvalue weighted by Crippen LogP contribution is 2.33. The molecule has 0 unspecified atom stereocenters. The molecular formula is C28H42ClNO6. The average Bonchev–Trinajstić information content (AvgIpc) is 2.85. The molecule has 0 saturated heterocycles. The van der Waals surface area contributed by atoms with Crippen LogP contribution in [0, 0.1) is 0 Å². The molecule has 36 heavy (non-hydrogen) atoms. The van der Waals surface area contributed by atoms with Crippen molar-refractivity contribution < 1.29 is 29.6 Å². The number of carbonyl (C=O) groups is 1. The van der Waals surface area contributed by atoms with Crippen molar-refractivity contribution in [2.45, 2.75) is 65.7 Å². The molecule has 2 aromatic carbocycles. The summed E-state index contributed by atoms with van der Waals surface area (Å²) in [5.41, 5.74) is 1.58. The lowest BCUT2D eigenvalue weighted by Crippen LogP contribution is -2.27. The number of carbonyl (C=O) groups excluding carboxylic acids is 1. The molecule has 0 spiro atoms. The van der Waals surface area contributed by atoms with Gasteiger partial charge in [0.25, 0.3) is 0 Å². The maximum absolute atomic E-state index is 12.5. The van der Waals surface area contributed by atoms with E-state index in [2.05, 4.69) is 18.7 Å². The second-order valence-corrected chi connectivity index (χ2v) is 8.65. The number of likely N-dealkylation sites (N-methyl/N-ethyl adjacent to an activating group) is 1. The van der Waals surface area contributed by atoms with Gasteiger partial charge >= 0.3 is 5.97 Å². The predicted octanol–water partition coefficient (Wildman–Crippen LogP) is 5.86. The fraction of sp³-hybridized carbons (Fsp3) is 0.536. The van der Waals surface area contributed by atoms with Crippen molar-refractivity contribution in [3.63, 3.8) is 0 Å². The van der Waals surface area contributed by atoms with Gasteiger partial charge in [-0.25, -0.2) is 4.79 Å². The number of aromatic hydroxyl groups is 3. The van der Waals surface area contributed by atoms with E-state index in [0.717, 1.165) is 50.8 Å². The number of phenols is 3. The van der Waals surface area contributed by atoms with Crippen LogP contribution in [0.5, 0.6) is 23.0 Å².